The Kier molecular flexibility index (Phi) is 6.62. The van der Waals surface area contributed by atoms with Crippen molar-refractivity contribution in [1.29, 1.82) is 0 Å². The van der Waals surface area contributed by atoms with Crippen molar-refractivity contribution in [2.24, 2.45) is 0 Å². The Bertz CT molecular complexity index is 410. The average molecular weight is 316 g/mol. The van der Waals surface area contributed by atoms with E-state index in [9.17, 15) is 5.11 Å². The monoisotopic (exact) mass is 316 g/mol. The predicted molar refractivity (Wildman–Crippen MR) is 81.9 cm³/mol. The minimum Gasteiger partial charge on any atom is -0.452 e. The number of anilines is 1. The molecule has 2 atom stereocenters. The molecule has 2 unspecified atom stereocenters. The standard InChI is InChI=1S/C13H24N4O3S/c1-3-4-5-14-12(10(2)18)20-13-11(15-21-16-13)17-6-8-19-9-7-17/h10,12,14,18H,3-9H2,1-2H3. The molecule has 8 heteroatoms. The maximum absolute atomic E-state index is 9.85. The van der Waals surface area contributed by atoms with Crippen LogP contribution in [-0.2, 0) is 4.74 Å². The van der Waals surface area contributed by atoms with Gasteiger partial charge in [0.05, 0.1) is 24.9 Å². The number of aliphatic hydroxyl groups is 1. The molecular formula is C13H24N4O3S. The number of ether oxygens (including phenoxy) is 2. The van der Waals surface area contributed by atoms with E-state index in [-0.39, 0.29) is 0 Å². The van der Waals surface area contributed by atoms with Gasteiger partial charge in [0.25, 0.3) is 5.88 Å². The fraction of sp³-hybridized carbons (Fsp3) is 0.846. The molecule has 21 heavy (non-hydrogen) atoms. The highest BCUT2D eigenvalue weighted by Gasteiger charge is 2.24. The second kappa shape index (κ2) is 8.47. The maximum atomic E-state index is 9.85. The number of aliphatic hydroxyl groups excluding tert-OH is 1. The molecule has 0 saturated carbocycles. The molecule has 0 bridgehead atoms. The van der Waals surface area contributed by atoms with Gasteiger partial charge in [-0.25, -0.2) is 0 Å². The predicted octanol–water partition coefficient (Wildman–Crippen LogP) is 0.850. The first-order valence-electron chi connectivity index (χ1n) is 7.45. The van der Waals surface area contributed by atoms with Crippen molar-refractivity contribution >= 4 is 17.5 Å². The summed E-state index contributed by atoms with van der Waals surface area (Å²) < 4.78 is 19.7. The van der Waals surface area contributed by atoms with Gasteiger partial charge in [0.15, 0.2) is 6.23 Å². The third-order valence-corrected chi connectivity index (χ3v) is 3.81. The molecule has 0 spiro atoms. The van der Waals surface area contributed by atoms with Crippen LogP contribution in [0.15, 0.2) is 0 Å². The largest absolute Gasteiger partial charge is 0.452 e. The number of hydrogen-bond donors (Lipinski definition) is 2. The van der Waals surface area contributed by atoms with Gasteiger partial charge >= 0.3 is 0 Å². The minimum atomic E-state index is -0.624. The molecule has 0 radical (unpaired) electrons. The molecule has 1 aliphatic rings. The maximum Gasteiger partial charge on any atom is 0.272 e. The number of morpholine rings is 1. The molecule has 2 rings (SSSR count). The first kappa shape index (κ1) is 16.4. The first-order chi connectivity index (χ1) is 10.2. The molecule has 1 aliphatic heterocycles. The molecule has 0 amide bonds. The second-order valence-electron chi connectivity index (χ2n) is 5.08. The number of aromatic nitrogens is 2. The van der Waals surface area contributed by atoms with E-state index < -0.39 is 12.3 Å². The Morgan fingerprint density at radius 3 is 2.86 bits per heavy atom. The number of rotatable bonds is 8. The van der Waals surface area contributed by atoms with Crippen molar-refractivity contribution in [2.75, 3.05) is 37.7 Å². The van der Waals surface area contributed by atoms with Crippen molar-refractivity contribution < 1.29 is 14.6 Å². The summed E-state index contributed by atoms with van der Waals surface area (Å²) in [6.07, 6.45) is 1.04. The molecule has 1 aromatic heterocycles. The molecule has 1 saturated heterocycles. The molecule has 2 N–H and O–H groups in total. The van der Waals surface area contributed by atoms with Crippen LogP contribution in [0.25, 0.3) is 0 Å². The van der Waals surface area contributed by atoms with Crippen LogP contribution in [0.5, 0.6) is 5.88 Å². The molecule has 1 fully saturated rings. The normalized spacial score (nSPS) is 18.5. The van der Waals surface area contributed by atoms with Gasteiger partial charge in [-0.3, -0.25) is 5.32 Å². The van der Waals surface area contributed by atoms with Crippen molar-refractivity contribution in [3.05, 3.63) is 0 Å². The fourth-order valence-corrected chi connectivity index (χ4v) is 2.58. The molecule has 7 nitrogen and oxygen atoms in total. The molecule has 120 valence electrons. The summed E-state index contributed by atoms with van der Waals surface area (Å²) in [5.41, 5.74) is 0. The van der Waals surface area contributed by atoms with Gasteiger partial charge in [0.1, 0.15) is 6.10 Å². The van der Waals surface area contributed by atoms with E-state index in [1.807, 2.05) is 0 Å². The van der Waals surface area contributed by atoms with Crippen LogP contribution >= 0.6 is 11.7 Å². The lowest BCUT2D eigenvalue weighted by atomic mass is 10.3. The Morgan fingerprint density at radius 1 is 1.43 bits per heavy atom. The summed E-state index contributed by atoms with van der Waals surface area (Å²) in [6, 6.07) is 0. The lowest BCUT2D eigenvalue weighted by Gasteiger charge is -2.28. The highest BCUT2D eigenvalue weighted by Crippen LogP contribution is 2.27. The quantitative estimate of drug-likeness (QED) is 0.543. The van der Waals surface area contributed by atoms with Gasteiger partial charge in [0.2, 0.25) is 5.82 Å². The van der Waals surface area contributed by atoms with Crippen LogP contribution in [0.1, 0.15) is 26.7 Å². The number of nitrogens with zero attached hydrogens (tertiary/aromatic N) is 3. The summed E-state index contributed by atoms with van der Waals surface area (Å²) in [6.45, 7) is 7.57. The van der Waals surface area contributed by atoms with Gasteiger partial charge in [-0.15, -0.1) is 4.37 Å². The van der Waals surface area contributed by atoms with Crippen LogP contribution in [-0.4, -0.2) is 59.0 Å². The van der Waals surface area contributed by atoms with Gasteiger partial charge in [-0.2, -0.15) is 4.37 Å². The van der Waals surface area contributed by atoms with Gasteiger partial charge in [0, 0.05) is 13.1 Å². The zero-order valence-corrected chi connectivity index (χ0v) is 13.4. The Balaban J connectivity index is 1.98. The van der Waals surface area contributed by atoms with Gasteiger partial charge in [-0.1, -0.05) is 13.3 Å². The SMILES string of the molecule is CCCCNC(Oc1nsnc1N1CCOCC1)C(C)O. The van der Waals surface area contributed by atoms with Crippen molar-refractivity contribution in [3.8, 4) is 5.88 Å². The van der Waals surface area contributed by atoms with E-state index in [4.69, 9.17) is 9.47 Å². The molecule has 0 aromatic carbocycles. The third-order valence-electron chi connectivity index (χ3n) is 3.31. The van der Waals surface area contributed by atoms with Crippen LogP contribution < -0.4 is 15.0 Å². The average Bonchev–Trinajstić information content (AvgIpc) is 2.95. The van der Waals surface area contributed by atoms with Crippen molar-refractivity contribution in [1.82, 2.24) is 14.1 Å². The zero-order valence-electron chi connectivity index (χ0n) is 12.6. The van der Waals surface area contributed by atoms with Crippen molar-refractivity contribution in [2.45, 2.75) is 39.0 Å². The van der Waals surface area contributed by atoms with E-state index in [0.29, 0.717) is 19.1 Å². The van der Waals surface area contributed by atoms with E-state index in [0.717, 1.165) is 50.0 Å². The third kappa shape index (κ3) is 4.77. The van der Waals surface area contributed by atoms with Crippen LogP contribution in [0.3, 0.4) is 0 Å². The Hall–Kier alpha value is -0.960. The second-order valence-corrected chi connectivity index (χ2v) is 5.61. The van der Waals surface area contributed by atoms with Gasteiger partial charge in [-0.05, 0) is 19.9 Å². The summed E-state index contributed by atoms with van der Waals surface area (Å²) in [4.78, 5) is 2.10. The molecular weight excluding hydrogens is 292 g/mol. The van der Waals surface area contributed by atoms with Crippen LogP contribution in [0.4, 0.5) is 5.82 Å². The van der Waals surface area contributed by atoms with E-state index in [2.05, 4.69) is 25.9 Å². The molecule has 1 aromatic rings. The highest BCUT2D eigenvalue weighted by molar-refractivity contribution is 6.99. The summed E-state index contributed by atoms with van der Waals surface area (Å²) >= 11 is 1.13. The summed E-state index contributed by atoms with van der Waals surface area (Å²) in [5, 5.41) is 13.1. The highest BCUT2D eigenvalue weighted by atomic mass is 32.1. The van der Waals surface area contributed by atoms with Crippen LogP contribution in [0.2, 0.25) is 0 Å². The molecule has 2 heterocycles. The lowest BCUT2D eigenvalue weighted by Crippen LogP contribution is -2.44. The van der Waals surface area contributed by atoms with E-state index in [1.165, 1.54) is 0 Å². The zero-order chi connectivity index (χ0) is 15.1. The lowest BCUT2D eigenvalue weighted by molar-refractivity contribution is 0.0247. The fourth-order valence-electron chi connectivity index (χ4n) is 2.07. The Labute approximate surface area is 129 Å². The van der Waals surface area contributed by atoms with Crippen LogP contribution in [0, 0.1) is 0 Å². The van der Waals surface area contributed by atoms with E-state index >= 15 is 0 Å². The smallest absolute Gasteiger partial charge is 0.272 e. The molecule has 0 aliphatic carbocycles. The number of hydrogen-bond acceptors (Lipinski definition) is 8. The number of nitrogens with one attached hydrogen (secondary N) is 1. The first-order valence-corrected chi connectivity index (χ1v) is 8.18. The van der Waals surface area contributed by atoms with Crippen molar-refractivity contribution in [3.63, 3.8) is 0 Å². The minimum absolute atomic E-state index is 0.472. The summed E-state index contributed by atoms with van der Waals surface area (Å²) in [5.74, 6) is 1.23. The number of unbranched alkanes of at least 4 members (excludes halogenated alkanes) is 1. The van der Waals surface area contributed by atoms with Gasteiger partial charge < -0.3 is 19.5 Å². The summed E-state index contributed by atoms with van der Waals surface area (Å²) in [7, 11) is 0. The Morgan fingerprint density at radius 2 is 2.19 bits per heavy atom. The van der Waals surface area contributed by atoms with E-state index in [1.54, 1.807) is 6.92 Å². The topological polar surface area (TPSA) is 79.7 Å².